The molecule has 0 saturated heterocycles. The van der Waals surface area contributed by atoms with Gasteiger partial charge in [0.2, 0.25) is 5.89 Å². The Hall–Kier alpha value is -5.18. The van der Waals surface area contributed by atoms with Crippen molar-refractivity contribution in [1.82, 2.24) is 24.7 Å². The Bertz CT molecular complexity index is 1690. The number of carboxylic acid groups (broad SMARTS) is 2. The van der Waals surface area contributed by atoms with Crippen LogP contribution in [0.25, 0.3) is 22.5 Å². The van der Waals surface area contributed by atoms with Crippen molar-refractivity contribution >= 4 is 28.7 Å². The third-order valence-electron chi connectivity index (χ3n) is 6.50. The number of aliphatic carboxylic acids is 2. The second-order valence-electron chi connectivity index (χ2n) is 9.88. The van der Waals surface area contributed by atoms with Crippen LogP contribution in [0.5, 0.6) is 5.88 Å². The number of carbonyl (C=O) groups is 2. The molecule has 0 unspecified atom stereocenters. The Balaban J connectivity index is 0.000000392. The Morgan fingerprint density at radius 1 is 0.959 bits per heavy atom. The van der Waals surface area contributed by atoms with E-state index < -0.39 is 53.8 Å². The van der Waals surface area contributed by atoms with Gasteiger partial charge in [0, 0.05) is 25.0 Å². The summed E-state index contributed by atoms with van der Waals surface area (Å²) in [5.41, 5.74) is 0.0524. The van der Waals surface area contributed by atoms with Crippen molar-refractivity contribution in [2.75, 3.05) is 11.9 Å². The highest BCUT2D eigenvalue weighted by Crippen LogP contribution is 2.38. The zero-order valence-electron chi connectivity index (χ0n) is 24.7. The van der Waals surface area contributed by atoms with Gasteiger partial charge in [-0.25, -0.2) is 28.9 Å². The number of oxazole rings is 1. The van der Waals surface area contributed by atoms with E-state index in [9.17, 15) is 43.9 Å². The van der Waals surface area contributed by atoms with E-state index in [4.69, 9.17) is 34.1 Å². The molecule has 0 atom stereocenters. The van der Waals surface area contributed by atoms with Crippen LogP contribution in [-0.2, 0) is 15.8 Å². The summed E-state index contributed by atoms with van der Waals surface area (Å²) in [6.07, 6.45) is -7.51. The zero-order chi connectivity index (χ0) is 36.7. The summed E-state index contributed by atoms with van der Waals surface area (Å²) >= 11 is 0. The van der Waals surface area contributed by atoms with Crippen LogP contribution in [0.3, 0.4) is 0 Å². The second-order valence-corrected chi connectivity index (χ2v) is 9.88. The molecule has 49 heavy (non-hydrogen) atoms. The Morgan fingerprint density at radius 3 is 2.04 bits per heavy atom. The molecule has 1 saturated carbocycles. The van der Waals surface area contributed by atoms with E-state index in [1.807, 2.05) is 17.7 Å². The molecule has 1 fully saturated rings. The van der Waals surface area contributed by atoms with Gasteiger partial charge in [-0.05, 0) is 38.7 Å². The minimum atomic E-state index is -5.08. The van der Waals surface area contributed by atoms with E-state index in [2.05, 4.69) is 20.3 Å². The maximum absolute atomic E-state index is 14.3. The molecule has 1 aliphatic carbocycles. The number of hydrogen-bond acceptors (Lipinski definition) is 9. The zero-order valence-corrected chi connectivity index (χ0v) is 24.7. The molecular formula is C27H24F10N6O6. The first-order chi connectivity index (χ1) is 22.7. The average Bonchev–Trinajstić information content (AvgIpc) is 3.66. The van der Waals surface area contributed by atoms with Crippen LogP contribution in [0.4, 0.5) is 49.7 Å². The second kappa shape index (κ2) is 15.4. The monoisotopic (exact) mass is 718 g/mol. The molecule has 4 aromatic rings. The van der Waals surface area contributed by atoms with Gasteiger partial charge in [0.25, 0.3) is 5.88 Å². The summed E-state index contributed by atoms with van der Waals surface area (Å²) in [6, 6.07) is 2.52. The van der Waals surface area contributed by atoms with Crippen molar-refractivity contribution in [2.45, 2.75) is 63.3 Å². The molecule has 0 aliphatic heterocycles. The molecule has 4 aromatic heterocycles. The van der Waals surface area contributed by atoms with Gasteiger partial charge in [-0.1, -0.05) is 0 Å². The van der Waals surface area contributed by atoms with Crippen LogP contribution in [0.15, 0.2) is 41.4 Å². The molecule has 1 aliphatic rings. The van der Waals surface area contributed by atoms with Crippen LogP contribution < -0.4 is 10.1 Å². The number of carboxylic acids is 2. The molecule has 0 radical (unpaired) electrons. The number of aromatic nitrogens is 5. The summed E-state index contributed by atoms with van der Waals surface area (Å²) in [4.78, 5) is 30.1. The van der Waals surface area contributed by atoms with Crippen molar-refractivity contribution in [1.29, 1.82) is 0 Å². The van der Waals surface area contributed by atoms with Crippen molar-refractivity contribution in [3.8, 4) is 17.5 Å². The molecule has 4 heterocycles. The highest BCUT2D eigenvalue weighted by Gasteiger charge is 2.39. The molecule has 268 valence electrons. The smallest absolute Gasteiger partial charge is 0.475 e. The number of anilines is 1. The molecule has 3 N–H and O–H groups in total. The van der Waals surface area contributed by atoms with E-state index in [1.165, 1.54) is 6.26 Å². The minimum absolute atomic E-state index is 0.00254. The first kappa shape index (κ1) is 38.3. The van der Waals surface area contributed by atoms with Gasteiger partial charge in [0.1, 0.15) is 18.2 Å². The van der Waals surface area contributed by atoms with Crippen LogP contribution in [-0.4, -0.2) is 71.9 Å². The number of halogens is 10. The van der Waals surface area contributed by atoms with Gasteiger partial charge < -0.3 is 24.7 Å². The van der Waals surface area contributed by atoms with Crippen LogP contribution in [0.2, 0.25) is 0 Å². The van der Waals surface area contributed by atoms with E-state index in [-0.39, 0.29) is 6.04 Å². The summed E-state index contributed by atoms with van der Waals surface area (Å²) in [5.74, 6) is -6.53. The lowest BCUT2D eigenvalue weighted by molar-refractivity contribution is -0.193. The predicted molar refractivity (Wildman–Crippen MR) is 146 cm³/mol. The number of rotatable bonds is 6. The molecule has 0 amide bonds. The molecule has 0 bridgehead atoms. The van der Waals surface area contributed by atoms with Crippen molar-refractivity contribution in [3.63, 3.8) is 0 Å². The van der Waals surface area contributed by atoms with Crippen molar-refractivity contribution in [3.05, 3.63) is 48.4 Å². The largest absolute Gasteiger partial charge is 0.490 e. The normalized spacial score (nSPS) is 16.6. The van der Waals surface area contributed by atoms with Gasteiger partial charge in [-0.3, -0.25) is 4.68 Å². The topological polar surface area (TPSA) is 165 Å². The highest BCUT2D eigenvalue weighted by atomic mass is 19.4. The number of ether oxygens (including phenoxy) is 1. The fraction of sp³-hybridized carbons (Fsp3) is 0.407. The number of pyridine rings is 2. The third-order valence-corrected chi connectivity index (χ3v) is 6.50. The van der Waals surface area contributed by atoms with Crippen LogP contribution in [0, 0.1) is 5.82 Å². The van der Waals surface area contributed by atoms with Crippen LogP contribution in [0.1, 0.15) is 44.2 Å². The summed E-state index contributed by atoms with van der Waals surface area (Å²) in [5, 5.41) is 23.0. The standard InChI is InChI=1S/C23H22F4N6O2.2C2HF3O2/c1-2-28-18-11-17-15(12-31-18)20(22-30-9-10-34-22)32-33(17)13-3-5-14(6-4-13)35-21-19(24)16(7-8-29-21)23(25,26)27;2*3-2(4,5)1(6)7/h7-14H,2-6H2,1H3,(H,28,31);2*(H,6,7). The lowest BCUT2D eigenvalue weighted by Gasteiger charge is -2.29. The maximum atomic E-state index is 14.3. The molecule has 12 nitrogen and oxygen atoms in total. The van der Waals surface area contributed by atoms with E-state index in [1.54, 1.807) is 12.4 Å². The van der Waals surface area contributed by atoms with Crippen LogP contribution >= 0.6 is 0 Å². The Morgan fingerprint density at radius 2 is 1.55 bits per heavy atom. The average molecular weight is 719 g/mol. The Kier molecular flexibility index (Phi) is 12.0. The van der Waals surface area contributed by atoms with E-state index >= 15 is 0 Å². The summed E-state index contributed by atoms with van der Waals surface area (Å²) in [6.45, 7) is 2.69. The number of nitrogens with one attached hydrogen (secondary N) is 1. The van der Waals surface area contributed by atoms with Gasteiger partial charge in [-0.2, -0.15) is 44.6 Å². The Labute approximate surface area is 267 Å². The van der Waals surface area contributed by atoms with Gasteiger partial charge >= 0.3 is 30.5 Å². The molecular weight excluding hydrogens is 694 g/mol. The number of fused-ring (bicyclic) bond motifs is 1. The lowest BCUT2D eigenvalue weighted by Crippen LogP contribution is -2.27. The van der Waals surface area contributed by atoms with E-state index in [0.717, 1.165) is 17.1 Å². The molecule has 22 heteroatoms. The van der Waals surface area contributed by atoms with Crippen molar-refractivity contribution in [2.24, 2.45) is 0 Å². The SMILES string of the molecule is CCNc1cc2c(cn1)c(-c1ncco1)nn2C1CCC(Oc2nccc(C(F)(F)F)c2F)CC1.O=C(O)C(F)(F)F.O=C(O)C(F)(F)F. The molecule has 0 aromatic carbocycles. The fourth-order valence-corrected chi connectivity index (χ4v) is 4.38. The first-order valence-corrected chi connectivity index (χ1v) is 13.7. The fourth-order valence-electron chi connectivity index (χ4n) is 4.38. The molecule has 0 spiro atoms. The number of nitrogens with zero attached hydrogens (tertiary/aromatic N) is 5. The lowest BCUT2D eigenvalue weighted by atomic mass is 9.93. The van der Waals surface area contributed by atoms with E-state index in [0.29, 0.717) is 55.7 Å². The third kappa shape index (κ3) is 10.2. The minimum Gasteiger partial charge on any atom is -0.475 e. The quantitative estimate of drug-likeness (QED) is 0.178. The summed E-state index contributed by atoms with van der Waals surface area (Å²) < 4.78 is 130. The number of alkyl halides is 9. The first-order valence-electron chi connectivity index (χ1n) is 13.7. The summed E-state index contributed by atoms with van der Waals surface area (Å²) in [7, 11) is 0. The maximum Gasteiger partial charge on any atom is 0.490 e. The highest BCUT2D eigenvalue weighted by molar-refractivity contribution is 5.92. The predicted octanol–water partition coefficient (Wildman–Crippen LogP) is 6.90. The van der Waals surface area contributed by atoms with Gasteiger partial charge in [-0.15, -0.1) is 0 Å². The van der Waals surface area contributed by atoms with Crippen molar-refractivity contribution < 1.29 is 72.9 Å². The number of hydrogen-bond donors (Lipinski definition) is 3. The van der Waals surface area contributed by atoms with Gasteiger partial charge in [0.15, 0.2) is 11.5 Å². The molecule has 5 rings (SSSR count). The van der Waals surface area contributed by atoms with Gasteiger partial charge in [0.05, 0.1) is 28.7 Å².